The van der Waals surface area contributed by atoms with Gasteiger partial charge < -0.3 is 25.1 Å². The molecule has 1 saturated heterocycles. The third-order valence-corrected chi connectivity index (χ3v) is 8.19. The number of nitrogens with one attached hydrogen (secondary N) is 1. The molecule has 0 spiro atoms. The van der Waals surface area contributed by atoms with Crippen LogP contribution in [0, 0.1) is 12.7 Å². The first-order valence-corrected chi connectivity index (χ1v) is 14.7. The molecule has 0 amide bonds. The number of nitrogens with two attached hydrogens (primary N) is 1. The minimum absolute atomic E-state index is 0.0984. The molecule has 3 aromatic carbocycles. The first-order chi connectivity index (χ1) is 20.7. The Balaban J connectivity index is 1.19. The van der Waals surface area contributed by atoms with Gasteiger partial charge in [-0.15, -0.1) is 0 Å². The van der Waals surface area contributed by atoms with E-state index in [2.05, 4.69) is 28.8 Å². The van der Waals surface area contributed by atoms with Gasteiger partial charge in [0.15, 0.2) is 0 Å². The molecule has 43 heavy (non-hydrogen) atoms. The summed E-state index contributed by atoms with van der Waals surface area (Å²) in [4.78, 5) is 19.1. The van der Waals surface area contributed by atoms with Crippen molar-refractivity contribution in [1.82, 2.24) is 19.7 Å². The molecule has 10 heteroatoms. The van der Waals surface area contributed by atoms with Crippen LogP contribution in [0.2, 0.25) is 5.02 Å². The lowest BCUT2D eigenvalue weighted by atomic mass is 10.1. The predicted molar refractivity (Wildman–Crippen MR) is 166 cm³/mol. The number of fused-ring (bicyclic) bond motifs is 1. The van der Waals surface area contributed by atoms with Crippen LogP contribution in [0.1, 0.15) is 48.3 Å². The number of aromatic amines is 1. The second-order valence-electron chi connectivity index (χ2n) is 11.2. The summed E-state index contributed by atoms with van der Waals surface area (Å²) in [6, 6.07) is 17.3. The fourth-order valence-electron chi connectivity index (χ4n) is 5.46. The number of piperidine rings is 1. The Labute approximate surface area is 254 Å². The number of carbonyl (C=O) groups is 1. The van der Waals surface area contributed by atoms with Gasteiger partial charge in [-0.2, -0.15) is 5.10 Å². The zero-order valence-corrected chi connectivity index (χ0v) is 25.0. The molecule has 0 atom stereocenters. The van der Waals surface area contributed by atoms with E-state index in [1.165, 1.54) is 23.0 Å². The smallest absolute Gasteiger partial charge is 0.214 e. The number of hydrogen-bond acceptors (Lipinski definition) is 6. The number of H-pyrrole nitrogens is 1. The third-order valence-electron chi connectivity index (χ3n) is 7.90. The molecule has 0 bridgehead atoms. The van der Waals surface area contributed by atoms with E-state index in [4.69, 9.17) is 26.8 Å². The summed E-state index contributed by atoms with van der Waals surface area (Å²) in [5.41, 5.74) is 9.24. The Morgan fingerprint density at radius 2 is 1.88 bits per heavy atom. The Kier molecular flexibility index (Phi) is 7.85. The number of aromatic nitrogens is 3. The molecule has 5 aromatic rings. The van der Waals surface area contributed by atoms with Gasteiger partial charge in [-0.1, -0.05) is 17.7 Å². The van der Waals surface area contributed by atoms with Crippen molar-refractivity contribution in [3.63, 3.8) is 0 Å². The fraction of sp³-hybridized carbons (Fsp3) is 0.273. The van der Waals surface area contributed by atoms with Gasteiger partial charge in [-0.05, 0) is 87.7 Å². The zero-order chi connectivity index (χ0) is 30.2. The van der Waals surface area contributed by atoms with Crippen LogP contribution in [0.15, 0.2) is 66.9 Å². The van der Waals surface area contributed by atoms with E-state index in [1.807, 2.05) is 19.1 Å². The van der Waals surface area contributed by atoms with Crippen LogP contribution in [0.4, 0.5) is 10.2 Å². The van der Waals surface area contributed by atoms with Crippen LogP contribution in [-0.2, 0) is 0 Å². The molecule has 1 aliphatic rings. The molecule has 0 saturated carbocycles. The molecule has 3 N–H and O–H groups in total. The van der Waals surface area contributed by atoms with Crippen LogP contribution < -0.4 is 15.2 Å². The van der Waals surface area contributed by atoms with Crippen molar-refractivity contribution in [2.45, 2.75) is 45.8 Å². The standard InChI is InChI=1S/C33H33ClFN5O3/c1-19(2)39-11-9-24(10-12-39)42-31-15-21-14-29(38-28(21)17-27(31)34)32(41)26-18-37-40(33(26)36)23-7-8-30(20(3)13-23)43-25-6-4-5-22(35)16-25/h4-8,13-19,24,38H,9-12,36H2,1-3H3. The van der Waals surface area contributed by atoms with Gasteiger partial charge >= 0.3 is 0 Å². The molecule has 0 unspecified atom stereocenters. The summed E-state index contributed by atoms with van der Waals surface area (Å²) >= 11 is 6.58. The summed E-state index contributed by atoms with van der Waals surface area (Å²) in [5.74, 6) is 1.12. The molecule has 1 aliphatic heterocycles. The normalized spacial score (nSPS) is 14.5. The second-order valence-corrected chi connectivity index (χ2v) is 11.6. The van der Waals surface area contributed by atoms with Crippen LogP contribution >= 0.6 is 11.6 Å². The molecule has 6 rings (SSSR count). The summed E-state index contributed by atoms with van der Waals surface area (Å²) in [5, 5.41) is 5.69. The van der Waals surface area contributed by atoms with E-state index in [-0.39, 0.29) is 29.1 Å². The number of ether oxygens (including phenoxy) is 2. The number of nitrogens with zero attached hydrogens (tertiary/aromatic N) is 3. The zero-order valence-electron chi connectivity index (χ0n) is 24.2. The molecular formula is C33H33ClFN5O3. The topological polar surface area (TPSA) is 98.4 Å². The van der Waals surface area contributed by atoms with E-state index < -0.39 is 0 Å². The largest absolute Gasteiger partial charge is 0.489 e. The highest BCUT2D eigenvalue weighted by Gasteiger charge is 2.24. The predicted octanol–water partition coefficient (Wildman–Crippen LogP) is 7.31. The first-order valence-electron chi connectivity index (χ1n) is 14.3. The van der Waals surface area contributed by atoms with E-state index in [9.17, 15) is 9.18 Å². The minimum atomic E-state index is -0.377. The maximum Gasteiger partial charge on any atom is 0.214 e. The van der Waals surface area contributed by atoms with Gasteiger partial charge in [0.2, 0.25) is 5.78 Å². The summed E-state index contributed by atoms with van der Waals surface area (Å²) in [6.07, 6.45) is 3.44. The van der Waals surface area contributed by atoms with Crippen molar-refractivity contribution in [2.75, 3.05) is 18.8 Å². The molecule has 222 valence electrons. The lowest BCUT2D eigenvalue weighted by Gasteiger charge is -2.34. The number of aryl methyl sites for hydroxylation is 1. The lowest BCUT2D eigenvalue weighted by Crippen LogP contribution is -2.41. The number of hydrogen-bond donors (Lipinski definition) is 2. The molecule has 1 fully saturated rings. The Hall–Kier alpha value is -4.34. The summed E-state index contributed by atoms with van der Waals surface area (Å²) in [6.45, 7) is 8.27. The number of halogens is 2. The average molecular weight is 602 g/mol. The van der Waals surface area contributed by atoms with E-state index in [0.29, 0.717) is 39.7 Å². The number of carbonyl (C=O) groups excluding carboxylic acids is 1. The Morgan fingerprint density at radius 1 is 1.09 bits per heavy atom. The van der Waals surface area contributed by atoms with Crippen molar-refractivity contribution < 1.29 is 18.7 Å². The lowest BCUT2D eigenvalue weighted by molar-refractivity contribution is 0.0844. The maximum atomic E-state index is 13.6. The van der Waals surface area contributed by atoms with E-state index >= 15 is 0 Å². The molecule has 3 heterocycles. The van der Waals surface area contributed by atoms with Gasteiger partial charge in [-0.3, -0.25) is 4.79 Å². The van der Waals surface area contributed by atoms with Crippen LogP contribution in [0.25, 0.3) is 16.6 Å². The molecule has 0 radical (unpaired) electrons. The number of benzene rings is 3. The second kappa shape index (κ2) is 11.7. The SMILES string of the molecule is Cc1cc(-n2ncc(C(=O)c3cc4cc(OC5CCN(C(C)C)CC5)c(Cl)cc4[nH]3)c2N)ccc1Oc1cccc(F)c1. The number of rotatable bonds is 8. The minimum Gasteiger partial charge on any atom is -0.489 e. The van der Waals surface area contributed by atoms with Gasteiger partial charge in [-0.25, -0.2) is 9.07 Å². The van der Waals surface area contributed by atoms with Gasteiger partial charge in [0.05, 0.1) is 28.2 Å². The van der Waals surface area contributed by atoms with E-state index in [0.717, 1.165) is 42.4 Å². The van der Waals surface area contributed by atoms with Gasteiger partial charge in [0.1, 0.15) is 35.0 Å². The van der Waals surface area contributed by atoms with Crippen molar-refractivity contribution in [2.24, 2.45) is 0 Å². The van der Waals surface area contributed by atoms with Gasteiger partial charge in [0, 0.05) is 36.1 Å². The van der Waals surface area contributed by atoms with Crippen molar-refractivity contribution in [3.05, 3.63) is 94.5 Å². The van der Waals surface area contributed by atoms with Crippen molar-refractivity contribution >= 4 is 34.1 Å². The summed E-state index contributed by atoms with van der Waals surface area (Å²) in [7, 11) is 0. The van der Waals surface area contributed by atoms with Crippen LogP contribution in [-0.4, -0.2) is 50.7 Å². The maximum absolute atomic E-state index is 13.6. The monoisotopic (exact) mass is 601 g/mol. The van der Waals surface area contributed by atoms with Crippen LogP contribution in [0.3, 0.4) is 0 Å². The molecule has 8 nitrogen and oxygen atoms in total. The molecule has 0 aliphatic carbocycles. The number of ketones is 1. The number of nitrogen functional groups attached to an aromatic ring is 1. The number of likely N-dealkylation sites (tertiary alicyclic amines) is 1. The van der Waals surface area contributed by atoms with Crippen molar-refractivity contribution in [3.8, 4) is 22.9 Å². The fourth-order valence-corrected chi connectivity index (χ4v) is 5.66. The van der Waals surface area contributed by atoms with Gasteiger partial charge in [0.25, 0.3) is 0 Å². The molecule has 2 aromatic heterocycles. The summed E-state index contributed by atoms with van der Waals surface area (Å²) < 4.78 is 27.2. The quantitative estimate of drug-likeness (QED) is 0.181. The average Bonchev–Trinajstić information content (AvgIpc) is 3.57. The third kappa shape index (κ3) is 5.96. The van der Waals surface area contributed by atoms with Crippen LogP contribution in [0.5, 0.6) is 17.2 Å². The highest BCUT2D eigenvalue weighted by Crippen LogP contribution is 2.34. The highest BCUT2D eigenvalue weighted by molar-refractivity contribution is 6.32. The van der Waals surface area contributed by atoms with Crippen molar-refractivity contribution in [1.29, 1.82) is 0 Å². The van der Waals surface area contributed by atoms with E-state index in [1.54, 1.807) is 36.4 Å². The Bertz CT molecular complexity index is 1810. The molecular weight excluding hydrogens is 569 g/mol. The Morgan fingerprint density at radius 3 is 2.60 bits per heavy atom. The number of anilines is 1. The first kappa shape index (κ1) is 28.8. The highest BCUT2D eigenvalue weighted by atomic mass is 35.5.